The molecule has 11 nitrogen and oxygen atoms in total. The van der Waals surface area contributed by atoms with Crippen LogP contribution in [0.3, 0.4) is 0 Å². The van der Waals surface area contributed by atoms with Crippen molar-refractivity contribution in [2.24, 2.45) is 0 Å². The van der Waals surface area contributed by atoms with Crippen molar-refractivity contribution in [3.05, 3.63) is 115 Å². The van der Waals surface area contributed by atoms with Crippen LogP contribution in [0.1, 0.15) is 109 Å². The Labute approximate surface area is 438 Å². The van der Waals surface area contributed by atoms with Gasteiger partial charge in [-0.05, 0) is 176 Å². The first-order chi connectivity index (χ1) is 29.3. The van der Waals surface area contributed by atoms with Crippen molar-refractivity contribution in [2.75, 3.05) is 0 Å². The molecular weight excluding hydrogens is 1080 g/mol. The van der Waals surface area contributed by atoms with E-state index in [0.717, 1.165) is 55.6 Å². The number of rotatable bonds is 3. The van der Waals surface area contributed by atoms with Crippen LogP contribution in [0.25, 0.3) is 21.8 Å². The van der Waals surface area contributed by atoms with Crippen molar-refractivity contribution in [1.82, 2.24) is 9.97 Å². The number of halogens is 6. The Morgan fingerprint density at radius 1 is 0.627 bits per heavy atom. The average molecular weight is 1140 g/mol. The Morgan fingerprint density at radius 2 is 0.970 bits per heavy atom. The molecule has 8 rings (SSSR count). The van der Waals surface area contributed by atoms with Gasteiger partial charge in [-0.2, -0.15) is 0 Å². The summed E-state index contributed by atoms with van der Waals surface area (Å²) in [6.07, 6.45) is 5.24. The second-order valence-electron chi connectivity index (χ2n) is 18.7. The fourth-order valence-corrected chi connectivity index (χ4v) is 7.47. The molecule has 362 valence electrons. The monoisotopic (exact) mass is 1140 g/mol. The van der Waals surface area contributed by atoms with Crippen molar-refractivity contribution >= 4 is 109 Å². The number of fused-ring (bicyclic) bond motifs is 2. The molecule has 67 heavy (non-hydrogen) atoms. The van der Waals surface area contributed by atoms with Gasteiger partial charge in [0.2, 0.25) is 0 Å². The fourth-order valence-electron chi connectivity index (χ4n) is 6.43. The minimum Gasteiger partial charge on any atom is -1.00 e. The van der Waals surface area contributed by atoms with Gasteiger partial charge in [-0.25, -0.2) is 13.2 Å². The van der Waals surface area contributed by atoms with Gasteiger partial charge in [-0.15, -0.1) is 0 Å². The number of nitro groups is 1. The van der Waals surface area contributed by atoms with Crippen LogP contribution in [0.2, 0.25) is 0 Å². The van der Waals surface area contributed by atoms with Crippen LogP contribution in [0.4, 0.5) is 18.9 Å². The Bertz CT molecular complexity index is 2410. The summed E-state index contributed by atoms with van der Waals surface area (Å²) in [5, 5.41) is 12.0. The zero-order valence-corrected chi connectivity index (χ0v) is 46.4. The smallest absolute Gasteiger partial charge is 1.00 e. The minimum absolute atomic E-state index is 0. The predicted molar refractivity (Wildman–Crippen MR) is 269 cm³/mol. The Hall–Kier alpha value is -2.17. The number of aryl methyl sites for hydroxylation is 2. The van der Waals surface area contributed by atoms with E-state index in [1.54, 1.807) is 6.92 Å². The topological polar surface area (TPSA) is 130 Å². The summed E-state index contributed by atoms with van der Waals surface area (Å²) < 4.78 is 75.9. The maximum absolute atomic E-state index is 13.9. The number of allylic oxidation sites excluding steroid dienone is 1. The van der Waals surface area contributed by atoms with E-state index < -0.39 is 43.1 Å². The first-order valence-corrected chi connectivity index (χ1v) is 22.2. The molecule has 2 N–H and O–H groups in total. The molecule has 0 radical (unpaired) electrons. The standard InChI is InChI=1S/C15H19BFNO2.C12H24B2O4.C9H7BrFN.C6H3BrFNO2.C3H5.CH4.BrH.Mg/c1-9-8-18-13-11(9)6-10(17)7-12(13)16-19-14(2,3)15(4,5)20-16;1-9(2)10(3,4)16-13(15-9)14-17-11(5,6)12(7,8)18-14;1-5-4-12-9-7(5)2-6(11)3-8(9)10;7-5-3-4(8)1-2-6(5)9(10)11;1-3-2;;;/h6-8,18H,1-5H3;1-8H3;2-4,12H,1H3;1-3H;1,3H,2H3;1H4;1H;/q;;;;-1;;;+2/p-1. The molecule has 3 aromatic carbocycles. The molecular formula is C46H62B3Br3F3MgN3O8. The summed E-state index contributed by atoms with van der Waals surface area (Å²) in [5.74, 6) is -0.982. The summed E-state index contributed by atoms with van der Waals surface area (Å²) in [5.41, 5.74) is 2.18. The van der Waals surface area contributed by atoms with Crippen LogP contribution in [-0.4, -0.2) is 92.7 Å². The van der Waals surface area contributed by atoms with E-state index >= 15 is 0 Å². The molecule has 0 saturated carbocycles. The maximum Gasteiger partial charge on any atom is 2.00 e. The molecule has 0 atom stereocenters. The second-order valence-corrected chi connectivity index (χ2v) is 20.4. The molecule has 3 aliphatic rings. The van der Waals surface area contributed by atoms with Crippen LogP contribution in [0, 0.1) is 48.0 Å². The Balaban J connectivity index is 0.000000442. The SMILES string of the molecule is C.CC1(C)OB(B2OC(C)(C)C(C)(C)O2)OC1(C)C.Cc1c[nH]c2c(B3OC(C)(C)C(C)(C)O3)cc(F)cc12.Cc1c[nH]c2c(Br)cc(F)cc12.O=[N+]([O-])c1ccc(F)cc1Br.[Br-].[CH-]=CC.[Mg+2]. The van der Waals surface area contributed by atoms with Gasteiger partial charge in [0.25, 0.3) is 5.69 Å². The van der Waals surface area contributed by atoms with Crippen molar-refractivity contribution in [3.63, 3.8) is 0 Å². The number of nitrogens with one attached hydrogen (secondary N) is 2. The van der Waals surface area contributed by atoms with Crippen molar-refractivity contribution in [2.45, 2.75) is 145 Å². The van der Waals surface area contributed by atoms with E-state index in [9.17, 15) is 23.3 Å². The third-order valence-electron chi connectivity index (χ3n) is 12.3. The van der Waals surface area contributed by atoms with Gasteiger partial charge in [0.1, 0.15) is 17.5 Å². The molecule has 2 aromatic heterocycles. The quantitative estimate of drug-likeness (QED) is 0.0792. The van der Waals surface area contributed by atoms with E-state index in [1.165, 1.54) is 30.3 Å². The molecule has 3 fully saturated rings. The molecule has 21 heteroatoms. The largest absolute Gasteiger partial charge is 2.00 e. The molecule has 5 aromatic rings. The van der Waals surface area contributed by atoms with E-state index in [-0.39, 0.29) is 91.7 Å². The van der Waals surface area contributed by atoms with Gasteiger partial charge in [0.15, 0.2) is 0 Å². The molecule has 0 bridgehead atoms. The minimum atomic E-state index is -0.580. The summed E-state index contributed by atoms with van der Waals surface area (Å²) in [6.45, 7) is 34.6. The van der Waals surface area contributed by atoms with Gasteiger partial charge < -0.3 is 61.5 Å². The maximum atomic E-state index is 13.9. The molecule has 3 aliphatic heterocycles. The van der Waals surface area contributed by atoms with Gasteiger partial charge in [-0.3, -0.25) is 16.2 Å². The number of nitrogens with zero attached hydrogens (tertiary/aromatic N) is 1. The van der Waals surface area contributed by atoms with E-state index in [0.29, 0.717) is 5.46 Å². The van der Waals surface area contributed by atoms with Crippen molar-refractivity contribution < 1.29 is 63.0 Å². The third-order valence-corrected chi connectivity index (χ3v) is 13.5. The zero-order chi connectivity index (χ0) is 48.5. The average Bonchev–Trinajstić information content (AvgIpc) is 3.88. The number of aromatic amines is 2. The second kappa shape index (κ2) is 23.8. The molecule has 0 aliphatic carbocycles. The van der Waals surface area contributed by atoms with Crippen molar-refractivity contribution in [3.8, 4) is 0 Å². The van der Waals surface area contributed by atoms with Crippen LogP contribution < -0.4 is 22.4 Å². The molecule has 5 heterocycles. The van der Waals surface area contributed by atoms with Gasteiger partial charge in [0, 0.05) is 44.7 Å². The van der Waals surface area contributed by atoms with E-state index in [4.69, 9.17) is 34.5 Å². The number of hydrogen-bond donors (Lipinski definition) is 2. The summed E-state index contributed by atoms with van der Waals surface area (Å²) >= 11 is 6.16. The fraction of sp³-hybridized carbons (Fsp3) is 0.478. The Morgan fingerprint density at radius 3 is 1.36 bits per heavy atom. The van der Waals surface area contributed by atoms with E-state index in [1.807, 2.05) is 109 Å². The van der Waals surface area contributed by atoms with Gasteiger partial charge in [-0.1, -0.05) is 14.4 Å². The van der Waals surface area contributed by atoms with Crippen LogP contribution in [0.15, 0.2) is 69.9 Å². The summed E-state index contributed by atoms with van der Waals surface area (Å²) in [7, 11) is -1.51. The first-order valence-electron chi connectivity index (χ1n) is 20.7. The molecule has 3 saturated heterocycles. The normalized spacial score (nSPS) is 18.5. The predicted octanol–water partition coefficient (Wildman–Crippen LogP) is 9.29. The number of benzene rings is 3. The number of aromatic nitrogens is 2. The Kier molecular flexibility index (Phi) is 22.4. The van der Waals surface area contributed by atoms with Crippen molar-refractivity contribution in [1.29, 1.82) is 0 Å². The number of H-pyrrole nitrogens is 2. The van der Waals surface area contributed by atoms with Crippen LogP contribution >= 0.6 is 31.9 Å². The van der Waals surface area contributed by atoms with Gasteiger partial charge in [0.05, 0.1) is 48.5 Å². The van der Waals surface area contributed by atoms with E-state index in [2.05, 4.69) is 41.8 Å². The van der Waals surface area contributed by atoms with Crippen LogP contribution in [0.5, 0.6) is 0 Å². The number of hydrogen-bond acceptors (Lipinski definition) is 8. The number of nitro benzene ring substituents is 1. The summed E-state index contributed by atoms with van der Waals surface area (Å²) in [6, 6.07) is 9.22. The van der Waals surface area contributed by atoms with Gasteiger partial charge >= 0.3 is 44.2 Å². The first kappa shape index (κ1) is 62.8. The zero-order valence-electron chi connectivity index (χ0n) is 40.3. The molecule has 0 unspecified atom stereocenters. The summed E-state index contributed by atoms with van der Waals surface area (Å²) in [4.78, 5) is 15.9. The molecule has 0 amide bonds. The van der Waals surface area contributed by atoms with Crippen LogP contribution in [-0.2, 0) is 27.9 Å². The molecule has 0 spiro atoms. The third kappa shape index (κ3) is 14.5.